The summed E-state index contributed by atoms with van der Waals surface area (Å²) >= 11 is 3.45. The van der Waals surface area contributed by atoms with E-state index in [1.165, 1.54) is 16.8 Å². The monoisotopic (exact) mass is 278 g/mol. The van der Waals surface area contributed by atoms with Gasteiger partial charge in [-0.05, 0) is 38.5 Å². The van der Waals surface area contributed by atoms with Crippen molar-refractivity contribution in [1.29, 1.82) is 0 Å². The zero-order valence-corrected chi connectivity index (χ0v) is 11.3. The van der Waals surface area contributed by atoms with Crippen molar-refractivity contribution in [3.63, 3.8) is 0 Å². The van der Waals surface area contributed by atoms with Crippen LogP contribution < -0.4 is 0 Å². The molecule has 16 heavy (non-hydrogen) atoms. The SMILES string of the molecule is Cc1cnn(C(C)C)c1-c1ccc(Br)cc1. The van der Waals surface area contributed by atoms with Gasteiger partial charge in [-0.15, -0.1) is 0 Å². The minimum Gasteiger partial charge on any atom is -0.262 e. The Bertz CT molecular complexity index is 483. The van der Waals surface area contributed by atoms with Crippen LogP contribution >= 0.6 is 15.9 Å². The maximum atomic E-state index is 4.42. The Morgan fingerprint density at radius 3 is 2.38 bits per heavy atom. The fourth-order valence-corrected chi connectivity index (χ4v) is 2.07. The van der Waals surface area contributed by atoms with Crippen molar-refractivity contribution in [2.45, 2.75) is 26.8 Å². The maximum absolute atomic E-state index is 4.42. The highest BCUT2D eigenvalue weighted by Crippen LogP contribution is 2.26. The number of aromatic nitrogens is 2. The van der Waals surface area contributed by atoms with E-state index in [-0.39, 0.29) is 0 Å². The van der Waals surface area contributed by atoms with Gasteiger partial charge in [-0.3, -0.25) is 4.68 Å². The molecule has 0 radical (unpaired) electrons. The number of benzene rings is 1. The smallest absolute Gasteiger partial charge is 0.0714 e. The normalized spacial score (nSPS) is 11.1. The molecule has 0 bridgehead atoms. The van der Waals surface area contributed by atoms with Gasteiger partial charge in [0.05, 0.1) is 11.9 Å². The van der Waals surface area contributed by atoms with Crippen LogP contribution in [0, 0.1) is 6.92 Å². The second kappa shape index (κ2) is 4.42. The van der Waals surface area contributed by atoms with Crippen LogP contribution in [0.3, 0.4) is 0 Å². The Morgan fingerprint density at radius 2 is 1.81 bits per heavy atom. The van der Waals surface area contributed by atoms with Gasteiger partial charge in [-0.25, -0.2) is 0 Å². The van der Waals surface area contributed by atoms with E-state index in [1.807, 2.05) is 6.20 Å². The first-order valence-electron chi connectivity index (χ1n) is 5.39. The second-order valence-corrected chi connectivity index (χ2v) is 5.14. The molecule has 1 heterocycles. The molecule has 0 unspecified atom stereocenters. The molecule has 0 atom stereocenters. The first-order valence-corrected chi connectivity index (χ1v) is 6.19. The third kappa shape index (κ3) is 2.05. The lowest BCUT2D eigenvalue weighted by Gasteiger charge is -2.12. The van der Waals surface area contributed by atoms with Crippen LogP contribution in [-0.2, 0) is 0 Å². The number of aryl methyl sites for hydroxylation is 1. The van der Waals surface area contributed by atoms with Crippen molar-refractivity contribution in [1.82, 2.24) is 9.78 Å². The lowest BCUT2D eigenvalue weighted by Crippen LogP contribution is -2.04. The predicted octanol–water partition coefficient (Wildman–Crippen LogP) is 4.20. The van der Waals surface area contributed by atoms with Crippen molar-refractivity contribution >= 4 is 15.9 Å². The molecule has 0 saturated carbocycles. The van der Waals surface area contributed by atoms with Gasteiger partial charge in [0.25, 0.3) is 0 Å². The number of hydrogen-bond donors (Lipinski definition) is 0. The molecule has 0 N–H and O–H groups in total. The molecule has 0 amide bonds. The summed E-state index contributed by atoms with van der Waals surface area (Å²) in [5.41, 5.74) is 3.64. The van der Waals surface area contributed by atoms with E-state index in [0.29, 0.717) is 6.04 Å². The van der Waals surface area contributed by atoms with Crippen LogP contribution in [0.1, 0.15) is 25.5 Å². The molecule has 0 fully saturated rings. The summed E-state index contributed by atoms with van der Waals surface area (Å²) in [7, 11) is 0. The molecule has 2 rings (SSSR count). The molecule has 0 aliphatic rings. The summed E-state index contributed by atoms with van der Waals surface area (Å²) in [5.74, 6) is 0. The van der Waals surface area contributed by atoms with Crippen LogP contribution in [0.25, 0.3) is 11.3 Å². The zero-order chi connectivity index (χ0) is 11.7. The quantitative estimate of drug-likeness (QED) is 0.805. The summed E-state index contributed by atoms with van der Waals surface area (Å²) in [6, 6.07) is 8.74. The molecule has 0 saturated heterocycles. The molecular weight excluding hydrogens is 264 g/mol. The Morgan fingerprint density at radius 1 is 1.19 bits per heavy atom. The van der Waals surface area contributed by atoms with Crippen molar-refractivity contribution in [2.24, 2.45) is 0 Å². The van der Waals surface area contributed by atoms with Crippen LogP contribution in [0.15, 0.2) is 34.9 Å². The van der Waals surface area contributed by atoms with Crippen LogP contribution in [0.5, 0.6) is 0 Å². The number of halogens is 1. The summed E-state index contributed by atoms with van der Waals surface area (Å²) in [6.07, 6.45) is 1.93. The molecule has 3 heteroatoms. The molecule has 2 aromatic rings. The van der Waals surface area contributed by atoms with Crippen molar-refractivity contribution in [3.05, 3.63) is 40.5 Å². The summed E-state index contributed by atoms with van der Waals surface area (Å²) in [5, 5.41) is 4.42. The maximum Gasteiger partial charge on any atom is 0.0714 e. The lowest BCUT2D eigenvalue weighted by molar-refractivity contribution is 0.538. The molecule has 1 aromatic carbocycles. The zero-order valence-electron chi connectivity index (χ0n) is 9.74. The Hall–Kier alpha value is -1.09. The molecule has 0 aliphatic carbocycles. The number of nitrogens with zero attached hydrogens (tertiary/aromatic N) is 2. The highest BCUT2D eigenvalue weighted by atomic mass is 79.9. The first kappa shape index (κ1) is 11.4. The third-order valence-electron chi connectivity index (χ3n) is 2.59. The average molecular weight is 279 g/mol. The van der Waals surface area contributed by atoms with Crippen molar-refractivity contribution < 1.29 is 0 Å². The Balaban J connectivity index is 2.54. The van der Waals surface area contributed by atoms with Gasteiger partial charge in [0.1, 0.15) is 0 Å². The van der Waals surface area contributed by atoms with Crippen molar-refractivity contribution in [2.75, 3.05) is 0 Å². The van der Waals surface area contributed by atoms with Gasteiger partial charge in [0.15, 0.2) is 0 Å². The van der Waals surface area contributed by atoms with Gasteiger partial charge in [-0.2, -0.15) is 5.10 Å². The van der Waals surface area contributed by atoms with Gasteiger partial charge in [0.2, 0.25) is 0 Å². The largest absolute Gasteiger partial charge is 0.262 e. The molecule has 1 aromatic heterocycles. The topological polar surface area (TPSA) is 17.8 Å². The fourth-order valence-electron chi connectivity index (χ4n) is 1.81. The van der Waals surface area contributed by atoms with E-state index >= 15 is 0 Å². The van der Waals surface area contributed by atoms with E-state index in [9.17, 15) is 0 Å². The molecule has 0 spiro atoms. The van der Waals surface area contributed by atoms with E-state index in [0.717, 1.165) is 4.47 Å². The van der Waals surface area contributed by atoms with Gasteiger partial charge in [-0.1, -0.05) is 28.1 Å². The van der Waals surface area contributed by atoms with Crippen LogP contribution in [-0.4, -0.2) is 9.78 Å². The number of rotatable bonds is 2. The fraction of sp³-hybridized carbons (Fsp3) is 0.308. The van der Waals surface area contributed by atoms with E-state index in [1.54, 1.807) is 0 Å². The highest BCUT2D eigenvalue weighted by Gasteiger charge is 2.11. The van der Waals surface area contributed by atoms with Crippen LogP contribution in [0.4, 0.5) is 0 Å². The van der Waals surface area contributed by atoms with E-state index in [4.69, 9.17) is 0 Å². The minimum absolute atomic E-state index is 0.382. The van der Waals surface area contributed by atoms with Gasteiger partial charge in [0, 0.05) is 16.1 Å². The summed E-state index contributed by atoms with van der Waals surface area (Å²) in [6.45, 7) is 6.40. The molecule has 84 valence electrons. The van der Waals surface area contributed by atoms with E-state index in [2.05, 4.69) is 70.7 Å². The first-order chi connectivity index (χ1) is 7.59. The lowest BCUT2D eigenvalue weighted by atomic mass is 10.1. The minimum atomic E-state index is 0.382. The van der Waals surface area contributed by atoms with Gasteiger partial charge >= 0.3 is 0 Å². The predicted molar refractivity (Wildman–Crippen MR) is 70.5 cm³/mol. The van der Waals surface area contributed by atoms with Crippen molar-refractivity contribution in [3.8, 4) is 11.3 Å². The van der Waals surface area contributed by atoms with Gasteiger partial charge < -0.3 is 0 Å². The Labute approximate surface area is 104 Å². The Kier molecular flexibility index (Phi) is 3.15. The number of hydrogen-bond acceptors (Lipinski definition) is 1. The molecular formula is C13H15BrN2. The summed E-state index contributed by atoms with van der Waals surface area (Å²) < 4.78 is 3.17. The molecule has 2 nitrogen and oxygen atoms in total. The average Bonchev–Trinajstić information content (AvgIpc) is 2.62. The second-order valence-electron chi connectivity index (χ2n) is 4.22. The van der Waals surface area contributed by atoms with E-state index < -0.39 is 0 Å². The highest BCUT2D eigenvalue weighted by molar-refractivity contribution is 9.10. The summed E-state index contributed by atoms with van der Waals surface area (Å²) in [4.78, 5) is 0. The third-order valence-corrected chi connectivity index (χ3v) is 3.11. The molecule has 0 aliphatic heterocycles. The van der Waals surface area contributed by atoms with Crippen LogP contribution in [0.2, 0.25) is 0 Å². The standard InChI is InChI=1S/C13H15BrN2/c1-9(2)16-13(10(3)8-15-16)11-4-6-12(14)7-5-11/h4-9H,1-3H3.